The number of hydrogen-bond acceptors (Lipinski definition) is 4. The number of nitrogens with two attached hydrogens (primary N) is 1. The molecule has 3 N–H and O–H groups in total. The van der Waals surface area contributed by atoms with E-state index in [2.05, 4.69) is 20.3 Å². The number of nitrogen functional groups attached to an aromatic ring is 1. The topological polar surface area (TPSA) is 84.9 Å². The van der Waals surface area contributed by atoms with E-state index >= 15 is 0 Å². The maximum Gasteiger partial charge on any atom is 0.240 e. The first kappa shape index (κ1) is 8.90. The van der Waals surface area contributed by atoms with Crippen molar-refractivity contribution in [3.05, 3.63) is 30.2 Å². The van der Waals surface area contributed by atoms with Crippen molar-refractivity contribution in [1.82, 2.24) is 24.8 Å². The van der Waals surface area contributed by atoms with E-state index in [1.807, 2.05) is 25.4 Å². The van der Waals surface area contributed by atoms with Crippen molar-refractivity contribution in [2.75, 3.05) is 5.73 Å². The highest BCUT2D eigenvalue weighted by atomic mass is 15.3. The van der Waals surface area contributed by atoms with Gasteiger partial charge in [0.1, 0.15) is 0 Å². The first-order valence-corrected chi connectivity index (χ1v) is 4.86. The van der Waals surface area contributed by atoms with Gasteiger partial charge in [-0.05, 0) is 18.6 Å². The fraction of sp³-hybridized carbons (Fsp3) is 0.100. The summed E-state index contributed by atoms with van der Waals surface area (Å²) in [7, 11) is 0. The van der Waals surface area contributed by atoms with Gasteiger partial charge in [0.25, 0.3) is 0 Å². The van der Waals surface area contributed by atoms with E-state index in [0.29, 0.717) is 0 Å². The van der Waals surface area contributed by atoms with Crippen molar-refractivity contribution in [3.63, 3.8) is 0 Å². The largest absolute Gasteiger partial charge is 0.366 e. The Morgan fingerprint density at radius 2 is 2.31 bits per heavy atom. The molecule has 0 saturated heterocycles. The zero-order valence-corrected chi connectivity index (χ0v) is 8.68. The Kier molecular flexibility index (Phi) is 1.70. The van der Waals surface area contributed by atoms with E-state index in [-0.39, 0.29) is 5.95 Å². The number of pyridine rings is 1. The lowest BCUT2D eigenvalue weighted by Gasteiger charge is -2.02. The number of aromatic nitrogens is 5. The number of aryl methyl sites for hydroxylation is 1. The molecule has 0 aliphatic carbocycles. The average molecular weight is 214 g/mol. The van der Waals surface area contributed by atoms with Crippen LogP contribution in [0, 0.1) is 6.92 Å². The summed E-state index contributed by atoms with van der Waals surface area (Å²) in [6, 6.07) is 1.95. The molecule has 3 aromatic rings. The Balaban J connectivity index is 2.29. The van der Waals surface area contributed by atoms with Crippen molar-refractivity contribution in [2.24, 2.45) is 0 Å². The lowest BCUT2D eigenvalue weighted by atomic mass is 10.1. The smallest absolute Gasteiger partial charge is 0.240 e. The van der Waals surface area contributed by atoms with Crippen LogP contribution in [0.1, 0.15) is 5.56 Å². The summed E-state index contributed by atoms with van der Waals surface area (Å²) in [5.41, 5.74) is 9.50. The Bertz CT molecular complexity index is 637. The highest BCUT2D eigenvalue weighted by Gasteiger charge is 2.07. The van der Waals surface area contributed by atoms with Crippen LogP contribution in [0.4, 0.5) is 5.95 Å². The summed E-state index contributed by atoms with van der Waals surface area (Å²) in [4.78, 5) is 4.10. The lowest BCUT2D eigenvalue weighted by Crippen LogP contribution is -1.92. The molecule has 0 bridgehead atoms. The summed E-state index contributed by atoms with van der Waals surface area (Å²) in [5.74, 6) is 0.281. The fourth-order valence-electron chi connectivity index (χ4n) is 1.74. The molecule has 0 radical (unpaired) electrons. The summed E-state index contributed by atoms with van der Waals surface area (Å²) in [6.45, 7) is 2.02. The Labute approximate surface area is 91.1 Å². The van der Waals surface area contributed by atoms with Crippen LogP contribution in [0.15, 0.2) is 24.7 Å². The standard InChI is InChI=1S/C10H10N6/c1-6-2-9-14-10(11)15-16(9)5-8(6)7-3-12-13-4-7/h2-5H,1H3,(H2,11,15)(H,12,13). The third kappa shape index (κ3) is 1.23. The molecule has 3 aromatic heterocycles. The molecule has 0 aromatic carbocycles. The monoisotopic (exact) mass is 214 g/mol. The second-order valence-electron chi connectivity index (χ2n) is 3.63. The predicted molar refractivity (Wildman–Crippen MR) is 59.7 cm³/mol. The molecular formula is C10H10N6. The van der Waals surface area contributed by atoms with Gasteiger partial charge in [-0.1, -0.05) is 0 Å². The minimum absolute atomic E-state index is 0.281. The number of fused-ring (bicyclic) bond motifs is 1. The van der Waals surface area contributed by atoms with Crippen molar-refractivity contribution in [3.8, 4) is 11.1 Å². The maximum absolute atomic E-state index is 5.55. The zero-order valence-electron chi connectivity index (χ0n) is 8.68. The van der Waals surface area contributed by atoms with Crippen LogP contribution < -0.4 is 5.73 Å². The third-order valence-electron chi connectivity index (χ3n) is 2.51. The maximum atomic E-state index is 5.55. The van der Waals surface area contributed by atoms with Crippen molar-refractivity contribution >= 4 is 11.6 Å². The summed E-state index contributed by atoms with van der Waals surface area (Å²) in [5, 5.41) is 10.8. The first-order valence-electron chi connectivity index (χ1n) is 4.86. The SMILES string of the molecule is Cc1cc2nc(N)nn2cc1-c1cn[nH]c1. The van der Waals surface area contributed by atoms with Crippen LogP contribution >= 0.6 is 0 Å². The molecule has 80 valence electrons. The van der Waals surface area contributed by atoms with E-state index in [0.717, 1.165) is 22.3 Å². The molecule has 3 heterocycles. The molecule has 3 rings (SSSR count). The summed E-state index contributed by atoms with van der Waals surface area (Å²) in [6.07, 6.45) is 5.52. The van der Waals surface area contributed by atoms with E-state index in [9.17, 15) is 0 Å². The predicted octanol–water partition coefficient (Wildman–Crippen LogP) is 1.01. The molecule has 16 heavy (non-hydrogen) atoms. The van der Waals surface area contributed by atoms with Crippen LogP contribution in [0.2, 0.25) is 0 Å². The minimum atomic E-state index is 0.281. The number of hydrogen-bond donors (Lipinski definition) is 2. The average Bonchev–Trinajstić information content (AvgIpc) is 2.83. The van der Waals surface area contributed by atoms with E-state index < -0.39 is 0 Å². The number of nitrogens with one attached hydrogen (secondary N) is 1. The lowest BCUT2D eigenvalue weighted by molar-refractivity contribution is 0.966. The minimum Gasteiger partial charge on any atom is -0.366 e. The van der Waals surface area contributed by atoms with Crippen LogP contribution in [-0.4, -0.2) is 24.8 Å². The Morgan fingerprint density at radius 1 is 1.44 bits per heavy atom. The normalized spacial score (nSPS) is 11.1. The quantitative estimate of drug-likeness (QED) is 0.633. The van der Waals surface area contributed by atoms with Crippen LogP contribution in [0.5, 0.6) is 0 Å². The van der Waals surface area contributed by atoms with E-state index in [4.69, 9.17) is 5.73 Å². The Morgan fingerprint density at radius 3 is 3.06 bits per heavy atom. The molecule has 6 nitrogen and oxygen atoms in total. The van der Waals surface area contributed by atoms with E-state index in [1.54, 1.807) is 10.7 Å². The Hall–Kier alpha value is -2.37. The molecule has 0 fully saturated rings. The van der Waals surface area contributed by atoms with Gasteiger partial charge in [-0.15, -0.1) is 5.10 Å². The molecule has 0 aliphatic rings. The van der Waals surface area contributed by atoms with Crippen LogP contribution in [0.3, 0.4) is 0 Å². The number of rotatable bonds is 1. The van der Waals surface area contributed by atoms with E-state index in [1.165, 1.54) is 0 Å². The summed E-state index contributed by atoms with van der Waals surface area (Å²) < 4.78 is 1.67. The highest BCUT2D eigenvalue weighted by molar-refractivity contribution is 5.67. The van der Waals surface area contributed by atoms with Gasteiger partial charge in [0.15, 0.2) is 5.65 Å². The van der Waals surface area contributed by atoms with Crippen molar-refractivity contribution in [2.45, 2.75) is 6.92 Å². The van der Waals surface area contributed by atoms with Crippen LogP contribution in [-0.2, 0) is 0 Å². The van der Waals surface area contributed by atoms with Crippen molar-refractivity contribution in [1.29, 1.82) is 0 Å². The molecule has 0 spiro atoms. The molecule has 0 unspecified atom stereocenters. The third-order valence-corrected chi connectivity index (χ3v) is 2.51. The number of H-pyrrole nitrogens is 1. The summed E-state index contributed by atoms with van der Waals surface area (Å²) >= 11 is 0. The van der Waals surface area contributed by atoms with Gasteiger partial charge >= 0.3 is 0 Å². The van der Waals surface area contributed by atoms with Crippen molar-refractivity contribution < 1.29 is 0 Å². The zero-order chi connectivity index (χ0) is 11.1. The molecule has 0 aliphatic heterocycles. The van der Waals surface area contributed by atoms with Gasteiger partial charge in [0.05, 0.1) is 6.20 Å². The van der Waals surface area contributed by atoms with Gasteiger partial charge < -0.3 is 5.73 Å². The first-order chi connectivity index (χ1) is 7.74. The number of aromatic amines is 1. The molecule has 0 saturated carbocycles. The molecule has 6 heteroatoms. The van der Waals surface area contributed by atoms with Crippen LogP contribution in [0.25, 0.3) is 16.8 Å². The molecule has 0 amide bonds. The van der Waals surface area contributed by atoms with Gasteiger partial charge in [0, 0.05) is 23.5 Å². The van der Waals surface area contributed by atoms with Gasteiger partial charge in [-0.2, -0.15) is 10.1 Å². The second-order valence-corrected chi connectivity index (χ2v) is 3.63. The molecular weight excluding hydrogens is 204 g/mol. The molecule has 0 atom stereocenters. The number of anilines is 1. The second kappa shape index (κ2) is 3.06. The van der Waals surface area contributed by atoms with Gasteiger partial charge in [-0.3, -0.25) is 5.10 Å². The number of nitrogens with zero attached hydrogens (tertiary/aromatic N) is 4. The fourth-order valence-corrected chi connectivity index (χ4v) is 1.74. The van der Waals surface area contributed by atoms with Gasteiger partial charge in [0.2, 0.25) is 5.95 Å². The van der Waals surface area contributed by atoms with Gasteiger partial charge in [-0.25, -0.2) is 4.52 Å². The highest BCUT2D eigenvalue weighted by Crippen LogP contribution is 2.22.